The SMILES string of the molecule is Cc1nc(C)n(CC2CCCN(c3ccnc(Cc4ccccc4)n3)C2)n1. The number of aromatic nitrogens is 5. The summed E-state index contributed by atoms with van der Waals surface area (Å²) < 4.78 is 2.05. The molecule has 3 aromatic rings. The van der Waals surface area contributed by atoms with Gasteiger partial charge in [0.05, 0.1) is 0 Å². The quantitative estimate of drug-likeness (QED) is 0.698. The summed E-state index contributed by atoms with van der Waals surface area (Å²) in [6.45, 7) is 6.95. The van der Waals surface area contributed by atoms with E-state index >= 15 is 0 Å². The fraction of sp³-hybridized carbons (Fsp3) is 0.429. The monoisotopic (exact) mass is 362 g/mol. The van der Waals surface area contributed by atoms with Crippen molar-refractivity contribution >= 4 is 5.82 Å². The summed E-state index contributed by atoms with van der Waals surface area (Å²) in [5, 5.41) is 4.52. The van der Waals surface area contributed by atoms with Crippen LogP contribution in [0.5, 0.6) is 0 Å². The van der Waals surface area contributed by atoms with Crippen LogP contribution >= 0.6 is 0 Å². The van der Waals surface area contributed by atoms with Gasteiger partial charge in [-0.15, -0.1) is 0 Å². The van der Waals surface area contributed by atoms with E-state index in [1.807, 2.05) is 36.9 Å². The number of rotatable bonds is 5. The highest BCUT2D eigenvalue weighted by Crippen LogP contribution is 2.23. The number of anilines is 1. The van der Waals surface area contributed by atoms with Gasteiger partial charge >= 0.3 is 0 Å². The highest BCUT2D eigenvalue weighted by Gasteiger charge is 2.22. The Morgan fingerprint density at radius 3 is 2.70 bits per heavy atom. The van der Waals surface area contributed by atoms with Crippen LogP contribution in [0.2, 0.25) is 0 Å². The van der Waals surface area contributed by atoms with Crippen molar-refractivity contribution in [3.8, 4) is 0 Å². The van der Waals surface area contributed by atoms with Crippen molar-refractivity contribution in [3.05, 3.63) is 65.6 Å². The second kappa shape index (κ2) is 7.86. The molecule has 2 aromatic heterocycles. The highest BCUT2D eigenvalue weighted by molar-refractivity contribution is 5.38. The molecule has 0 spiro atoms. The van der Waals surface area contributed by atoms with Crippen LogP contribution in [0.25, 0.3) is 0 Å². The highest BCUT2D eigenvalue weighted by atomic mass is 15.3. The fourth-order valence-electron chi connectivity index (χ4n) is 3.83. The largest absolute Gasteiger partial charge is 0.356 e. The van der Waals surface area contributed by atoms with E-state index in [1.165, 1.54) is 18.4 Å². The van der Waals surface area contributed by atoms with Gasteiger partial charge in [-0.2, -0.15) is 5.10 Å². The molecule has 1 atom stereocenters. The van der Waals surface area contributed by atoms with Crippen LogP contribution in [0.4, 0.5) is 5.82 Å². The van der Waals surface area contributed by atoms with Gasteiger partial charge < -0.3 is 4.90 Å². The van der Waals surface area contributed by atoms with Gasteiger partial charge in [0, 0.05) is 32.3 Å². The lowest BCUT2D eigenvalue weighted by molar-refractivity contribution is 0.346. The molecule has 6 heteroatoms. The summed E-state index contributed by atoms with van der Waals surface area (Å²) in [6.07, 6.45) is 5.05. The van der Waals surface area contributed by atoms with Crippen molar-refractivity contribution in [1.29, 1.82) is 0 Å². The predicted molar refractivity (Wildman–Crippen MR) is 106 cm³/mol. The molecule has 0 saturated carbocycles. The Bertz CT molecular complexity index is 889. The van der Waals surface area contributed by atoms with Crippen LogP contribution < -0.4 is 4.90 Å². The lowest BCUT2D eigenvalue weighted by Gasteiger charge is -2.33. The molecule has 1 unspecified atom stereocenters. The zero-order valence-corrected chi connectivity index (χ0v) is 16.0. The minimum Gasteiger partial charge on any atom is -0.356 e. The van der Waals surface area contributed by atoms with E-state index in [-0.39, 0.29) is 0 Å². The first-order valence-electron chi connectivity index (χ1n) is 9.66. The molecular weight excluding hydrogens is 336 g/mol. The van der Waals surface area contributed by atoms with E-state index in [4.69, 9.17) is 4.98 Å². The van der Waals surface area contributed by atoms with Crippen LogP contribution in [0, 0.1) is 19.8 Å². The molecule has 1 aliphatic rings. The smallest absolute Gasteiger partial charge is 0.147 e. The van der Waals surface area contributed by atoms with Gasteiger partial charge in [-0.05, 0) is 44.2 Å². The van der Waals surface area contributed by atoms with Gasteiger partial charge in [-0.1, -0.05) is 30.3 Å². The van der Waals surface area contributed by atoms with Crippen molar-refractivity contribution in [2.24, 2.45) is 5.92 Å². The lowest BCUT2D eigenvalue weighted by atomic mass is 9.98. The van der Waals surface area contributed by atoms with Crippen LogP contribution in [0.1, 0.15) is 35.9 Å². The van der Waals surface area contributed by atoms with Crippen molar-refractivity contribution in [3.63, 3.8) is 0 Å². The first kappa shape index (κ1) is 17.6. The normalized spacial score (nSPS) is 17.3. The van der Waals surface area contributed by atoms with E-state index in [1.54, 1.807) is 0 Å². The third-order valence-electron chi connectivity index (χ3n) is 5.13. The molecule has 0 N–H and O–H groups in total. The zero-order valence-electron chi connectivity index (χ0n) is 16.0. The maximum atomic E-state index is 4.83. The first-order chi connectivity index (χ1) is 13.2. The molecule has 27 heavy (non-hydrogen) atoms. The van der Waals surface area contributed by atoms with Crippen molar-refractivity contribution < 1.29 is 0 Å². The Kier molecular flexibility index (Phi) is 5.14. The number of nitrogens with zero attached hydrogens (tertiary/aromatic N) is 6. The van der Waals surface area contributed by atoms with Gasteiger partial charge in [0.25, 0.3) is 0 Å². The van der Waals surface area contributed by atoms with E-state index in [0.717, 1.165) is 49.3 Å². The molecule has 1 saturated heterocycles. The standard InChI is InChI=1S/C21H26N6/c1-16-23-17(2)27(25-16)15-19-9-6-12-26(14-19)21-10-11-22-20(24-21)13-18-7-4-3-5-8-18/h3-5,7-8,10-11,19H,6,9,12-15H2,1-2H3. The Labute approximate surface area is 160 Å². The summed E-state index contributed by atoms with van der Waals surface area (Å²) in [7, 11) is 0. The molecule has 1 aromatic carbocycles. The molecule has 4 rings (SSSR count). The molecule has 3 heterocycles. The van der Waals surface area contributed by atoms with Gasteiger partial charge in [-0.3, -0.25) is 0 Å². The molecule has 140 valence electrons. The maximum Gasteiger partial charge on any atom is 0.147 e. The van der Waals surface area contributed by atoms with Crippen LogP contribution in [-0.4, -0.2) is 37.8 Å². The predicted octanol–water partition coefficient (Wildman–Crippen LogP) is 3.19. The Hall–Kier alpha value is -2.76. The Balaban J connectivity index is 1.45. The number of hydrogen-bond acceptors (Lipinski definition) is 5. The molecule has 0 aliphatic carbocycles. The number of piperidine rings is 1. The molecule has 1 fully saturated rings. The zero-order chi connectivity index (χ0) is 18.6. The van der Waals surface area contributed by atoms with E-state index in [0.29, 0.717) is 5.92 Å². The van der Waals surface area contributed by atoms with Crippen LogP contribution in [-0.2, 0) is 13.0 Å². The summed E-state index contributed by atoms with van der Waals surface area (Å²) in [5.74, 6) is 4.32. The minimum atomic E-state index is 0.561. The van der Waals surface area contributed by atoms with Gasteiger partial charge in [0.1, 0.15) is 23.3 Å². The number of hydrogen-bond donors (Lipinski definition) is 0. The van der Waals surface area contributed by atoms with Gasteiger partial charge in [-0.25, -0.2) is 19.6 Å². The topological polar surface area (TPSA) is 59.7 Å². The number of aryl methyl sites for hydroxylation is 2. The summed E-state index contributed by atoms with van der Waals surface area (Å²) in [4.78, 5) is 16.1. The lowest BCUT2D eigenvalue weighted by Crippen LogP contribution is -2.38. The van der Waals surface area contributed by atoms with Gasteiger partial charge in [0.2, 0.25) is 0 Å². The summed E-state index contributed by atoms with van der Waals surface area (Å²) in [6, 6.07) is 12.4. The van der Waals surface area contributed by atoms with Crippen molar-refractivity contribution in [2.75, 3.05) is 18.0 Å². The maximum absolute atomic E-state index is 4.83. The average Bonchev–Trinajstić information content (AvgIpc) is 3.00. The van der Waals surface area contributed by atoms with Crippen LogP contribution in [0.3, 0.4) is 0 Å². The Morgan fingerprint density at radius 2 is 1.93 bits per heavy atom. The van der Waals surface area contributed by atoms with Gasteiger partial charge in [0.15, 0.2) is 0 Å². The minimum absolute atomic E-state index is 0.561. The second-order valence-corrected chi connectivity index (χ2v) is 7.34. The van der Waals surface area contributed by atoms with E-state index in [2.05, 4.69) is 44.2 Å². The first-order valence-corrected chi connectivity index (χ1v) is 9.66. The molecule has 6 nitrogen and oxygen atoms in total. The molecule has 0 amide bonds. The number of benzene rings is 1. The summed E-state index contributed by atoms with van der Waals surface area (Å²) >= 11 is 0. The average molecular weight is 362 g/mol. The molecular formula is C21H26N6. The molecule has 0 radical (unpaired) electrons. The fourth-order valence-corrected chi connectivity index (χ4v) is 3.83. The third-order valence-corrected chi connectivity index (χ3v) is 5.13. The Morgan fingerprint density at radius 1 is 1.07 bits per heavy atom. The molecule has 0 bridgehead atoms. The van der Waals surface area contributed by atoms with Crippen LogP contribution in [0.15, 0.2) is 42.6 Å². The van der Waals surface area contributed by atoms with Crippen molar-refractivity contribution in [2.45, 2.75) is 39.7 Å². The summed E-state index contributed by atoms with van der Waals surface area (Å²) in [5.41, 5.74) is 1.24. The third kappa shape index (κ3) is 4.32. The van der Waals surface area contributed by atoms with E-state index in [9.17, 15) is 0 Å². The van der Waals surface area contributed by atoms with Crippen molar-refractivity contribution in [1.82, 2.24) is 24.7 Å². The van der Waals surface area contributed by atoms with E-state index < -0.39 is 0 Å². The molecule has 1 aliphatic heterocycles. The second-order valence-electron chi connectivity index (χ2n) is 7.34.